The van der Waals surface area contributed by atoms with Gasteiger partial charge in [-0.15, -0.1) is 0 Å². The molecule has 2 atom stereocenters. The number of hydrogen-bond donors (Lipinski definition) is 0. The number of unbranched alkanes of at least 4 members (excludes halogenated alkanes) is 17. The van der Waals surface area contributed by atoms with Gasteiger partial charge in [-0.05, 0) is 12.8 Å². The quantitative estimate of drug-likeness (QED) is 0.0476. The minimum Gasteiger partial charge on any atom is -0.544 e. The van der Waals surface area contributed by atoms with Gasteiger partial charge in [0.2, 0.25) is 0 Å². The van der Waals surface area contributed by atoms with E-state index in [-0.39, 0.29) is 42.7 Å². The van der Waals surface area contributed by atoms with Crippen molar-refractivity contribution in [3.8, 4) is 0 Å². The highest BCUT2D eigenvalue weighted by atomic mass is 16.6. The van der Waals surface area contributed by atoms with Gasteiger partial charge < -0.3 is 28.6 Å². The Labute approximate surface area is 264 Å². The van der Waals surface area contributed by atoms with Crippen molar-refractivity contribution in [2.24, 2.45) is 0 Å². The number of aliphatic carboxylic acids is 1. The summed E-state index contributed by atoms with van der Waals surface area (Å²) in [4.78, 5) is 35.9. The van der Waals surface area contributed by atoms with E-state index in [1.54, 1.807) is 21.1 Å². The third-order valence-electron chi connectivity index (χ3n) is 7.99. The zero-order valence-electron chi connectivity index (χ0n) is 28.6. The summed E-state index contributed by atoms with van der Waals surface area (Å²) in [6.07, 6.45) is 23.7. The van der Waals surface area contributed by atoms with Crippen LogP contribution in [0.5, 0.6) is 0 Å². The van der Waals surface area contributed by atoms with Crippen molar-refractivity contribution in [2.75, 3.05) is 41.0 Å². The van der Waals surface area contributed by atoms with Crippen molar-refractivity contribution in [1.82, 2.24) is 0 Å². The molecule has 2 unspecified atom stereocenters. The molecule has 0 aromatic heterocycles. The van der Waals surface area contributed by atoms with Gasteiger partial charge in [0, 0.05) is 19.3 Å². The summed E-state index contributed by atoms with van der Waals surface area (Å²) in [5.41, 5.74) is 0. The first-order chi connectivity index (χ1) is 20.6. The number of quaternary nitrogens is 1. The van der Waals surface area contributed by atoms with Crippen molar-refractivity contribution in [3.63, 3.8) is 0 Å². The van der Waals surface area contributed by atoms with Gasteiger partial charge in [-0.2, -0.15) is 0 Å². The Morgan fingerprint density at radius 1 is 0.605 bits per heavy atom. The number of carbonyl (C=O) groups excluding carboxylic acids is 3. The molecule has 0 fully saturated rings. The second-order valence-corrected chi connectivity index (χ2v) is 13.1. The Balaban J connectivity index is 4.10. The Morgan fingerprint density at radius 3 is 1.49 bits per heavy atom. The molecule has 0 aliphatic heterocycles. The third-order valence-corrected chi connectivity index (χ3v) is 7.99. The van der Waals surface area contributed by atoms with Gasteiger partial charge in [0.05, 0.1) is 40.3 Å². The average molecular weight is 614 g/mol. The molecule has 0 aromatic rings. The van der Waals surface area contributed by atoms with E-state index in [4.69, 9.17) is 14.2 Å². The predicted molar refractivity (Wildman–Crippen MR) is 171 cm³/mol. The first-order valence-corrected chi connectivity index (χ1v) is 17.6. The lowest BCUT2D eigenvalue weighted by molar-refractivity contribution is -0.889. The second-order valence-electron chi connectivity index (χ2n) is 13.1. The first kappa shape index (κ1) is 41.3. The van der Waals surface area contributed by atoms with Crippen LogP contribution in [-0.2, 0) is 28.6 Å². The van der Waals surface area contributed by atoms with Gasteiger partial charge in [-0.25, -0.2) is 0 Å². The molecule has 0 aliphatic rings. The molecule has 43 heavy (non-hydrogen) atoms. The van der Waals surface area contributed by atoms with Crippen LogP contribution in [0.1, 0.15) is 155 Å². The maximum atomic E-state index is 12.5. The number of esters is 2. The fraction of sp³-hybridized carbons (Fsp3) is 0.914. The number of rotatable bonds is 31. The molecule has 0 amide bonds. The molecule has 8 heteroatoms. The van der Waals surface area contributed by atoms with Crippen LogP contribution < -0.4 is 5.11 Å². The molecule has 0 saturated heterocycles. The van der Waals surface area contributed by atoms with Crippen LogP contribution in [0.3, 0.4) is 0 Å². The lowest BCUT2D eigenvalue weighted by Crippen LogP contribution is -2.55. The van der Waals surface area contributed by atoms with Crippen molar-refractivity contribution in [1.29, 1.82) is 0 Å². The predicted octanol–water partition coefficient (Wildman–Crippen LogP) is 6.90. The van der Waals surface area contributed by atoms with E-state index in [1.165, 1.54) is 89.9 Å². The number of likely N-dealkylation sites (N-methyl/N-ethyl adjacent to an activating group) is 1. The van der Waals surface area contributed by atoms with Crippen LogP contribution in [0, 0.1) is 0 Å². The summed E-state index contributed by atoms with van der Waals surface area (Å²) in [5.74, 6) is -1.77. The molecule has 254 valence electrons. The number of nitrogens with zero attached hydrogens (tertiary/aromatic N) is 1. The fourth-order valence-electron chi connectivity index (χ4n) is 5.17. The normalized spacial score (nSPS) is 13.0. The van der Waals surface area contributed by atoms with Crippen LogP contribution in [0.15, 0.2) is 0 Å². The molecule has 0 aliphatic carbocycles. The molecule has 0 aromatic carbocycles. The lowest BCUT2D eigenvalue weighted by Gasteiger charge is -2.34. The number of hydrogen-bond acceptors (Lipinski definition) is 7. The van der Waals surface area contributed by atoms with Gasteiger partial charge in [-0.3, -0.25) is 9.59 Å². The minimum absolute atomic E-state index is 0.0444. The van der Waals surface area contributed by atoms with Crippen molar-refractivity contribution in [3.05, 3.63) is 0 Å². The van der Waals surface area contributed by atoms with Crippen molar-refractivity contribution in [2.45, 2.75) is 167 Å². The maximum Gasteiger partial charge on any atom is 0.306 e. The van der Waals surface area contributed by atoms with Crippen LogP contribution in [0.2, 0.25) is 0 Å². The van der Waals surface area contributed by atoms with Gasteiger partial charge in [0.25, 0.3) is 0 Å². The SMILES string of the molecule is CCCCCCCCCCCCCCCCCCCC(=O)OC(COCCC(C(=O)[O-])[N+](C)(C)C)COC(=O)CCCC. The molecular weight excluding hydrogens is 546 g/mol. The van der Waals surface area contributed by atoms with Gasteiger partial charge in [0.1, 0.15) is 12.6 Å². The third kappa shape index (κ3) is 26.5. The first-order valence-electron chi connectivity index (χ1n) is 17.6. The fourth-order valence-corrected chi connectivity index (χ4v) is 5.17. The standard InChI is InChI=1S/C35H67NO7/c1-6-8-10-11-12-13-14-15-16-17-18-19-20-21-22-23-24-26-34(38)43-31(30-42-33(37)25-9-7-2)29-41-28-27-32(35(39)40)36(3,4)5/h31-32H,6-30H2,1-5H3. The van der Waals surface area contributed by atoms with Gasteiger partial charge in [-0.1, -0.05) is 123 Å². The summed E-state index contributed by atoms with van der Waals surface area (Å²) in [6, 6.07) is -0.715. The molecule has 8 nitrogen and oxygen atoms in total. The highest BCUT2D eigenvalue weighted by molar-refractivity contribution is 5.70. The number of ether oxygens (including phenoxy) is 3. The van der Waals surface area contributed by atoms with Gasteiger partial charge >= 0.3 is 11.9 Å². The Bertz CT molecular complexity index is 692. The van der Waals surface area contributed by atoms with E-state index in [0.29, 0.717) is 12.8 Å². The van der Waals surface area contributed by atoms with E-state index in [1.807, 2.05) is 6.92 Å². The molecule has 0 radical (unpaired) electrons. The van der Waals surface area contributed by atoms with E-state index >= 15 is 0 Å². The van der Waals surface area contributed by atoms with E-state index < -0.39 is 18.1 Å². The highest BCUT2D eigenvalue weighted by Gasteiger charge is 2.25. The lowest BCUT2D eigenvalue weighted by atomic mass is 10.0. The Kier molecular flexibility index (Phi) is 26.8. The molecule has 0 bridgehead atoms. The maximum absolute atomic E-state index is 12.5. The summed E-state index contributed by atoms with van der Waals surface area (Å²) < 4.78 is 16.8. The molecular formula is C35H67NO7. The second kappa shape index (κ2) is 27.8. The summed E-state index contributed by atoms with van der Waals surface area (Å²) in [6.45, 7) is 4.42. The Morgan fingerprint density at radius 2 is 1.05 bits per heavy atom. The summed E-state index contributed by atoms with van der Waals surface area (Å²) in [5, 5.41) is 11.5. The van der Waals surface area contributed by atoms with E-state index in [2.05, 4.69) is 6.92 Å². The highest BCUT2D eigenvalue weighted by Crippen LogP contribution is 2.15. The minimum atomic E-state index is -1.13. The van der Waals surface area contributed by atoms with Crippen LogP contribution in [0.4, 0.5) is 0 Å². The zero-order valence-corrected chi connectivity index (χ0v) is 28.6. The zero-order chi connectivity index (χ0) is 32.2. The van der Waals surface area contributed by atoms with E-state index in [0.717, 1.165) is 32.1 Å². The molecule has 0 N–H and O–H groups in total. The molecule has 0 rings (SSSR count). The van der Waals surface area contributed by atoms with Crippen LogP contribution in [0.25, 0.3) is 0 Å². The van der Waals surface area contributed by atoms with Crippen molar-refractivity contribution >= 4 is 17.9 Å². The van der Waals surface area contributed by atoms with Gasteiger partial charge in [0.15, 0.2) is 6.10 Å². The summed E-state index contributed by atoms with van der Waals surface area (Å²) >= 11 is 0. The number of carboxylic acid groups (broad SMARTS) is 1. The van der Waals surface area contributed by atoms with E-state index in [9.17, 15) is 19.5 Å². The number of carbonyl (C=O) groups is 3. The Hall–Kier alpha value is -1.67. The average Bonchev–Trinajstić information content (AvgIpc) is 2.95. The van der Waals surface area contributed by atoms with Crippen LogP contribution >= 0.6 is 0 Å². The van der Waals surface area contributed by atoms with Crippen LogP contribution in [-0.4, -0.2) is 75.5 Å². The molecule has 0 heterocycles. The number of carboxylic acids is 1. The molecule has 0 spiro atoms. The largest absolute Gasteiger partial charge is 0.544 e. The molecule has 0 saturated carbocycles. The topological polar surface area (TPSA) is 102 Å². The van der Waals surface area contributed by atoms with Crippen molar-refractivity contribution < 1.29 is 38.2 Å². The summed E-state index contributed by atoms with van der Waals surface area (Å²) in [7, 11) is 5.38. The smallest absolute Gasteiger partial charge is 0.306 e. The monoisotopic (exact) mass is 613 g/mol.